The summed E-state index contributed by atoms with van der Waals surface area (Å²) < 4.78 is 0. The Kier molecular flexibility index (Phi) is 4.20. The van der Waals surface area contributed by atoms with E-state index in [9.17, 15) is 0 Å². The molecule has 0 amide bonds. The van der Waals surface area contributed by atoms with Crippen LogP contribution in [-0.2, 0) is 0 Å². The van der Waals surface area contributed by atoms with Crippen LogP contribution in [-0.4, -0.2) is 49.1 Å². The van der Waals surface area contributed by atoms with Crippen LogP contribution in [0.2, 0.25) is 0 Å². The average Bonchev–Trinajstić information content (AvgIpc) is 2.29. The monoisotopic (exact) mass is 181 g/mol. The van der Waals surface area contributed by atoms with E-state index in [1.165, 1.54) is 13.0 Å². The van der Waals surface area contributed by atoms with Crippen LogP contribution >= 0.6 is 0 Å². The average molecular weight is 181 g/mol. The van der Waals surface area contributed by atoms with Crippen LogP contribution in [0, 0.1) is 11.3 Å². The highest BCUT2D eigenvalue weighted by Crippen LogP contribution is 2.10. The molecule has 0 bridgehead atoms. The minimum atomic E-state index is 0.576. The molecule has 0 saturated carbocycles. The Hall–Kier alpha value is -0.590. The van der Waals surface area contributed by atoms with Gasteiger partial charge in [0.05, 0.1) is 12.6 Å². The minimum absolute atomic E-state index is 0.576. The Morgan fingerprint density at radius 2 is 2.23 bits per heavy atom. The Bertz CT molecular complexity index is 185. The van der Waals surface area contributed by atoms with Gasteiger partial charge in [-0.15, -0.1) is 0 Å². The van der Waals surface area contributed by atoms with Crippen molar-refractivity contribution in [2.75, 3.05) is 33.2 Å². The predicted octanol–water partition coefficient (Wildman–Crippen LogP) is 0.926. The molecule has 1 heterocycles. The Balaban J connectivity index is 2.54. The summed E-state index contributed by atoms with van der Waals surface area (Å²) in [6.45, 7) is 6.15. The molecule has 0 N–H and O–H groups in total. The zero-order chi connectivity index (χ0) is 9.68. The summed E-state index contributed by atoms with van der Waals surface area (Å²) in [6.07, 6.45) is 2.33. The normalized spacial score (nSPS) is 26.7. The van der Waals surface area contributed by atoms with E-state index in [1.807, 2.05) is 0 Å². The van der Waals surface area contributed by atoms with Gasteiger partial charge in [-0.25, -0.2) is 0 Å². The molecular weight excluding hydrogens is 162 g/mol. The molecule has 1 aliphatic heterocycles. The SMILES string of the molecule is CCC1CN(C)CCCN1CC#N. The van der Waals surface area contributed by atoms with Crippen molar-refractivity contribution in [3.8, 4) is 6.07 Å². The standard InChI is InChI=1S/C10H19N3/c1-3-10-9-12(2)6-4-7-13(10)8-5-11/h10H,3-4,6-9H2,1-2H3. The highest BCUT2D eigenvalue weighted by molar-refractivity contribution is 4.84. The van der Waals surface area contributed by atoms with Gasteiger partial charge in [0.2, 0.25) is 0 Å². The van der Waals surface area contributed by atoms with Crippen molar-refractivity contribution < 1.29 is 0 Å². The topological polar surface area (TPSA) is 30.3 Å². The summed E-state index contributed by atoms with van der Waals surface area (Å²) in [6, 6.07) is 2.83. The number of hydrogen-bond donors (Lipinski definition) is 0. The lowest BCUT2D eigenvalue weighted by molar-refractivity contribution is 0.203. The van der Waals surface area contributed by atoms with E-state index in [1.54, 1.807) is 0 Å². The molecule has 0 aliphatic carbocycles. The van der Waals surface area contributed by atoms with Crippen molar-refractivity contribution >= 4 is 0 Å². The summed E-state index contributed by atoms with van der Waals surface area (Å²) in [5.74, 6) is 0. The Morgan fingerprint density at radius 3 is 2.85 bits per heavy atom. The van der Waals surface area contributed by atoms with Crippen LogP contribution < -0.4 is 0 Å². The van der Waals surface area contributed by atoms with Gasteiger partial charge >= 0.3 is 0 Å². The molecule has 1 saturated heterocycles. The number of nitrogens with zero attached hydrogens (tertiary/aromatic N) is 3. The van der Waals surface area contributed by atoms with E-state index in [-0.39, 0.29) is 0 Å². The van der Waals surface area contributed by atoms with Crippen molar-refractivity contribution in [2.45, 2.75) is 25.8 Å². The maximum atomic E-state index is 8.68. The van der Waals surface area contributed by atoms with Gasteiger partial charge in [0.25, 0.3) is 0 Å². The summed E-state index contributed by atoms with van der Waals surface area (Å²) >= 11 is 0. The van der Waals surface area contributed by atoms with Gasteiger partial charge < -0.3 is 4.90 Å². The molecule has 1 atom stereocenters. The smallest absolute Gasteiger partial charge is 0.0868 e. The van der Waals surface area contributed by atoms with Gasteiger partial charge in [-0.3, -0.25) is 4.90 Å². The Labute approximate surface area is 80.9 Å². The van der Waals surface area contributed by atoms with Crippen molar-refractivity contribution in [1.82, 2.24) is 9.80 Å². The van der Waals surface area contributed by atoms with Crippen molar-refractivity contribution in [3.63, 3.8) is 0 Å². The fraction of sp³-hybridized carbons (Fsp3) is 0.900. The molecule has 0 spiro atoms. The number of likely N-dealkylation sites (N-methyl/N-ethyl adjacent to an activating group) is 1. The van der Waals surface area contributed by atoms with Crippen LogP contribution in [0.5, 0.6) is 0 Å². The zero-order valence-electron chi connectivity index (χ0n) is 8.66. The molecule has 74 valence electrons. The lowest BCUT2D eigenvalue weighted by Crippen LogP contribution is -2.39. The fourth-order valence-electron chi connectivity index (χ4n) is 1.98. The van der Waals surface area contributed by atoms with Gasteiger partial charge in [-0.2, -0.15) is 5.26 Å². The van der Waals surface area contributed by atoms with Gasteiger partial charge in [0, 0.05) is 19.1 Å². The van der Waals surface area contributed by atoms with Crippen LogP contribution in [0.4, 0.5) is 0 Å². The first-order valence-corrected chi connectivity index (χ1v) is 5.07. The third-order valence-electron chi connectivity index (χ3n) is 2.77. The van der Waals surface area contributed by atoms with E-state index in [0.29, 0.717) is 12.6 Å². The number of rotatable bonds is 2. The molecule has 1 fully saturated rings. The van der Waals surface area contributed by atoms with E-state index in [0.717, 1.165) is 19.5 Å². The zero-order valence-corrected chi connectivity index (χ0v) is 8.66. The second kappa shape index (κ2) is 5.21. The van der Waals surface area contributed by atoms with Gasteiger partial charge in [0.1, 0.15) is 0 Å². The largest absolute Gasteiger partial charge is 0.305 e. The van der Waals surface area contributed by atoms with Crippen molar-refractivity contribution in [3.05, 3.63) is 0 Å². The molecule has 1 rings (SSSR count). The van der Waals surface area contributed by atoms with Gasteiger partial charge in [-0.05, 0) is 26.4 Å². The first-order chi connectivity index (χ1) is 6.27. The van der Waals surface area contributed by atoms with E-state index < -0.39 is 0 Å². The molecule has 3 nitrogen and oxygen atoms in total. The predicted molar refractivity (Wildman–Crippen MR) is 53.4 cm³/mol. The number of nitriles is 1. The van der Waals surface area contributed by atoms with Crippen molar-refractivity contribution in [1.29, 1.82) is 5.26 Å². The lowest BCUT2D eigenvalue weighted by atomic mass is 10.2. The van der Waals surface area contributed by atoms with Crippen LogP contribution in [0.1, 0.15) is 19.8 Å². The second-order valence-corrected chi connectivity index (χ2v) is 3.81. The van der Waals surface area contributed by atoms with E-state index in [4.69, 9.17) is 5.26 Å². The summed E-state index contributed by atoms with van der Waals surface area (Å²) in [5, 5.41) is 8.68. The summed E-state index contributed by atoms with van der Waals surface area (Å²) in [7, 11) is 2.17. The number of hydrogen-bond acceptors (Lipinski definition) is 3. The van der Waals surface area contributed by atoms with Gasteiger partial charge in [0.15, 0.2) is 0 Å². The molecule has 13 heavy (non-hydrogen) atoms. The van der Waals surface area contributed by atoms with E-state index >= 15 is 0 Å². The van der Waals surface area contributed by atoms with Crippen LogP contribution in [0.15, 0.2) is 0 Å². The maximum Gasteiger partial charge on any atom is 0.0868 e. The maximum absolute atomic E-state index is 8.68. The molecule has 3 heteroatoms. The molecule has 1 unspecified atom stereocenters. The fourth-order valence-corrected chi connectivity index (χ4v) is 1.98. The molecular formula is C10H19N3. The molecule has 0 aromatic rings. The first kappa shape index (κ1) is 10.5. The van der Waals surface area contributed by atoms with E-state index in [2.05, 4.69) is 29.8 Å². The molecule has 0 radical (unpaired) electrons. The van der Waals surface area contributed by atoms with Gasteiger partial charge in [-0.1, -0.05) is 6.92 Å². The molecule has 0 aromatic heterocycles. The molecule has 0 aromatic carbocycles. The van der Waals surface area contributed by atoms with Crippen molar-refractivity contribution in [2.24, 2.45) is 0 Å². The van der Waals surface area contributed by atoms with Crippen LogP contribution in [0.3, 0.4) is 0 Å². The first-order valence-electron chi connectivity index (χ1n) is 5.07. The summed E-state index contributed by atoms with van der Waals surface area (Å²) in [4.78, 5) is 4.68. The van der Waals surface area contributed by atoms with Crippen LogP contribution in [0.25, 0.3) is 0 Å². The highest BCUT2D eigenvalue weighted by Gasteiger charge is 2.20. The highest BCUT2D eigenvalue weighted by atomic mass is 15.2. The second-order valence-electron chi connectivity index (χ2n) is 3.81. The third kappa shape index (κ3) is 2.98. The lowest BCUT2D eigenvalue weighted by Gasteiger charge is -2.27. The quantitative estimate of drug-likeness (QED) is 0.594. The molecule has 1 aliphatic rings. The minimum Gasteiger partial charge on any atom is -0.305 e. The summed E-state index contributed by atoms with van der Waals surface area (Å²) in [5.41, 5.74) is 0. The Morgan fingerprint density at radius 1 is 1.46 bits per heavy atom. The third-order valence-corrected chi connectivity index (χ3v) is 2.77.